The minimum atomic E-state index is -0.282. The first-order chi connectivity index (χ1) is 23.8. The molecule has 0 spiro atoms. The van der Waals surface area contributed by atoms with Gasteiger partial charge in [0.1, 0.15) is 23.0 Å². The van der Waals surface area contributed by atoms with Crippen molar-refractivity contribution in [2.24, 2.45) is 0 Å². The predicted octanol–water partition coefficient (Wildman–Crippen LogP) is 10.3. The lowest BCUT2D eigenvalue weighted by atomic mass is 9.78. The van der Waals surface area contributed by atoms with Gasteiger partial charge >= 0.3 is 0 Å². The molecular formula is C43H27N3O2. The molecule has 2 unspecified atom stereocenters. The fourth-order valence-electron chi connectivity index (χ4n) is 7.31. The van der Waals surface area contributed by atoms with Crippen molar-refractivity contribution in [3.63, 3.8) is 0 Å². The normalized spacial score (nSPS) is 16.8. The van der Waals surface area contributed by atoms with Crippen LogP contribution in [0.15, 0.2) is 156 Å². The van der Waals surface area contributed by atoms with Crippen LogP contribution in [0.1, 0.15) is 22.9 Å². The SMILES string of the molecule is C1=C(c2cccc3oc4cc5ccccc5cc4c23)C2Oc3ccccc3C2C(c2nc(-c3ccccc3)nc(-c3ccccc3)n2)=C1. The third-order valence-corrected chi connectivity index (χ3v) is 9.53. The predicted molar refractivity (Wildman–Crippen MR) is 191 cm³/mol. The van der Waals surface area contributed by atoms with Gasteiger partial charge in [-0.15, -0.1) is 0 Å². The third kappa shape index (κ3) is 4.21. The summed E-state index contributed by atoms with van der Waals surface area (Å²) in [4.78, 5) is 15.1. The number of furan rings is 1. The summed E-state index contributed by atoms with van der Waals surface area (Å²) < 4.78 is 13.3. The van der Waals surface area contributed by atoms with E-state index in [-0.39, 0.29) is 12.0 Å². The van der Waals surface area contributed by atoms with Gasteiger partial charge in [0, 0.05) is 38.6 Å². The number of hydrogen-bond donors (Lipinski definition) is 0. The molecule has 0 N–H and O–H groups in total. The van der Waals surface area contributed by atoms with Gasteiger partial charge in [0.25, 0.3) is 0 Å². The van der Waals surface area contributed by atoms with E-state index in [0.717, 1.165) is 66.5 Å². The molecule has 2 aromatic heterocycles. The molecule has 5 heteroatoms. The molecular weight excluding hydrogens is 590 g/mol. The summed E-state index contributed by atoms with van der Waals surface area (Å²) >= 11 is 0. The van der Waals surface area contributed by atoms with Crippen LogP contribution in [0, 0.1) is 0 Å². The van der Waals surface area contributed by atoms with Gasteiger partial charge in [-0.1, -0.05) is 127 Å². The zero-order valence-corrected chi connectivity index (χ0v) is 25.7. The highest BCUT2D eigenvalue weighted by Crippen LogP contribution is 2.52. The van der Waals surface area contributed by atoms with Crippen molar-refractivity contribution in [3.8, 4) is 28.5 Å². The number of nitrogens with zero attached hydrogens (tertiary/aromatic N) is 3. The Hall–Kier alpha value is -6.33. The number of hydrogen-bond acceptors (Lipinski definition) is 5. The van der Waals surface area contributed by atoms with Gasteiger partial charge in [-0.2, -0.15) is 0 Å². The zero-order chi connectivity index (χ0) is 31.6. The van der Waals surface area contributed by atoms with Crippen LogP contribution in [0.5, 0.6) is 5.75 Å². The van der Waals surface area contributed by atoms with Crippen molar-refractivity contribution in [2.75, 3.05) is 0 Å². The highest BCUT2D eigenvalue weighted by atomic mass is 16.5. The quantitative estimate of drug-likeness (QED) is 0.197. The van der Waals surface area contributed by atoms with Gasteiger partial charge < -0.3 is 9.15 Å². The highest BCUT2D eigenvalue weighted by Gasteiger charge is 2.43. The molecule has 0 bridgehead atoms. The van der Waals surface area contributed by atoms with E-state index < -0.39 is 0 Å². The van der Waals surface area contributed by atoms with Crippen molar-refractivity contribution in [1.82, 2.24) is 15.0 Å². The zero-order valence-electron chi connectivity index (χ0n) is 25.7. The second kappa shape index (κ2) is 10.6. The molecule has 8 aromatic rings. The molecule has 0 amide bonds. The van der Waals surface area contributed by atoms with Crippen LogP contribution in [-0.2, 0) is 0 Å². The fraction of sp³-hybridized carbons (Fsp3) is 0.0465. The fourth-order valence-corrected chi connectivity index (χ4v) is 7.31. The number of ether oxygens (including phenoxy) is 1. The summed E-state index contributed by atoms with van der Waals surface area (Å²) in [5.41, 5.74) is 7.94. The number of allylic oxidation sites excluding steroid dienone is 2. The first kappa shape index (κ1) is 26.8. The van der Waals surface area contributed by atoms with E-state index in [4.69, 9.17) is 24.1 Å². The Morgan fingerprint density at radius 1 is 0.500 bits per heavy atom. The number of aromatic nitrogens is 3. The lowest BCUT2D eigenvalue weighted by Gasteiger charge is -2.28. The van der Waals surface area contributed by atoms with Gasteiger partial charge in [-0.25, -0.2) is 15.0 Å². The Bertz CT molecular complexity index is 2550. The highest BCUT2D eigenvalue weighted by molar-refractivity contribution is 6.14. The molecule has 5 nitrogen and oxygen atoms in total. The van der Waals surface area contributed by atoms with E-state index in [2.05, 4.69) is 84.9 Å². The van der Waals surface area contributed by atoms with E-state index in [1.54, 1.807) is 0 Å². The van der Waals surface area contributed by atoms with Crippen molar-refractivity contribution in [1.29, 1.82) is 0 Å². The number of para-hydroxylation sites is 1. The van der Waals surface area contributed by atoms with Crippen molar-refractivity contribution in [2.45, 2.75) is 12.0 Å². The topological polar surface area (TPSA) is 61.0 Å². The molecule has 0 radical (unpaired) electrons. The molecule has 3 heterocycles. The molecule has 1 aliphatic heterocycles. The summed E-state index contributed by atoms with van der Waals surface area (Å²) in [6.45, 7) is 0. The van der Waals surface area contributed by atoms with Gasteiger partial charge in [0.15, 0.2) is 17.5 Å². The summed E-state index contributed by atoms with van der Waals surface area (Å²) in [7, 11) is 0. The van der Waals surface area contributed by atoms with Crippen LogP contribution in [0.4, 0.5) is 0 Å². The average Bonchev–Trinajstić information content (AvgIpc) is 3.72. The van der Waals surface area contributed by atoms with Crippen molar-refractivity contribution in [3.05, 3.63) is 169 Å². The minimum Gasteiger partial charge on any atom is -0.484 e. The molecule has 2 aliphatic rings. The van der Waals surface area contributed by atoms with Crippen LogP contribution in [0.3, 0.4) is 0 Å². The van der Waals surface area contributed by atoms with E-state index in [0.29, 0.717) is 17.5 Å². The number of fused-ring (bicyclic) bond motifs is 7. The van der Waals surface area contributed by atoms with Gasteiger partial charge in [-0.05, 0) is 40.6 Å². The monoisotopic (exact) mass is 617 g/mol. The third-order valence-electron chi connectivity index (χ3n) is 9.53. The summed E-state index contributed by atoms with van der Waals surface area (Å²) in [6.07, 6.45) is 4.08. The van der Waals surface area contributed by atoms with Crippen molar-refractivity contribution >= 4 is 43.9 Å². The van der Waals surface area contributed by atoms with Crippen LogP contribution in [-0.4, -0.2) is 21.1 Å². The Labute approximate surface area is 276 Å². The van der Waals surface area contributed by atoms with Crippen LogP contribution >= 0.6 is 0 Å². The van der Waals surface area contributed by atoms with Crippen LogP contribution in [0.2, 0.25) is 0 Å². The molecule has 48 heavy (non-hydrogen) atoms. The second-order valence-corrected chi connectivity index (χ2v) is 12.3. The number of benzene rings is 6. The molecule has 10 rings (SSSR count). The maximum absolute atomic E-state index is 6.86. The summed E-state index contributed by atoms with van der Waals surface area (Å²) in [5, 5.41) is 4.53. The molecule has 0 saturated carbocycles. The standard InChI is InChI=1S/C43H27N3O2/c1-3-12-26(13-4-1)41-44-42(27-14-5-2-6-15-27)46-43(45-41)33-23-22-31(40-39(33)32-18-9-10-20-35(32)48-40)30-19-11-21-36-38(30)34-24-28-16-7-8-17-29(28)25-37(34)47-36/h1-25,39-40H. The molecule has 0 fully saturated rings. The van der Waals surface area contributed by atoms with Gasteiger partial charge in [0.2, 0.25) is 0 Å². The Balaban J connectivity index is 1.20. The van der Waals surface area contributed by atoms with E-state index in [1.807, 2.05) is 66.7 Å². The first-order valence-corrected chi connectivity index (χ1v) is 16.2. The molecule has 6 aromatic carbocycles. The lowest BCUT2D eigenvalue weighted by Crippen LogP contribution is -2.25. The molecule has 2 atom stereocenters. The van der Waals surface area contributed by atoms with E-state index in [9.17, 15) is 0 Å². The van der Waals surface area contributed by atoms with E-state index in [1.165, 1.54) is 5.39 Å². The maximum atomic E-state index is 6.86. The smallest absolute Gasteiger partial charge is 0.164 e. The van der Waals surface area contributed by atoms with Gasteiger partial charge in [0.05, 0.1) is 5.92 Å². The van der Waals surface area contributed by atoms with E-state index >= 15 is 0 Å². The second-order valence-electron chi connectivity index (χ2n) is 12.3. The molecule has 0 saturated heterocycles. The first-order valence-electron chi connectivity index (χ1n) is 16.2. The Morgan fingerprint density at radius 2 is 1.12 bits per heavy atom. The largest absolute Gasteiger partial charge is 0.484 e. The Morgan fingerprint density at radius 3 is 1.88 bits per heavy atom. The summed E-state index contributed by atoms with van der Waals surface area (Å²) in [5.74, 6) is 2.68. The average molecular weight is 618 g/mol. The Kier molecular flexibility index (Phi) is 5.93. The maximum Gasteiger partial charge on any atom is 0.164 e. The van der Waals surface area contributed by atoms with Gasteiger partial charge in [-0.3, -0.25) is 0 Å². The van der Waals surface area contributed by atoms with Crippen molar-refractivity contribution < 1.29 is 9.15 Å². The molecule has 1 aliphatic carbocycles. The van der Waals surface area contributed by atoms with Crippen LogP contribution in [0.25, 0.3) is 66.6 Å². The lowest BCUT2D eigenvalue weighted by molar-refractivity contribution is 0.281. The minimum absolute atomic E-state index is 0.120. The molecule has 226 valence electrons. The number of rotatable bonds is 4. The van der Waals surface area contributed by atoms with Crippen LogP contribution < -0.4 is 4.74 Å². The summed E-state index contributed by atoms with van der Waals surface area (Å²) in [6, 6.07) is 47.6.